The Morgan fingerprint density at radius 2 is 1.58 bits per heavy atom. The van der Waals surface area contributed by atoms with E-state index in [1.165, 1.54) is 0 Å². The Labute approximate surface area is 111 Å². The average Bonchev–Trinajstić information content (AvgIpc) is 1.63. The second kappa shape index (κ2) is 11.5. The zero-order valence-electron chi connectivity index (χ0n) is 6.49. The van der Waals surface area contributed by atoms with Crippen LogP contribution in [0.5, 0.6) is 0 Å². The summed E-state index contributed by atoms with van der Waals surface area (Å²) < 4.78 is 0. The third-order valence-electron chi connectivity index (χ3n) is 0.689. The van der Waals surface area contributed by atoms with Crippen molar-refractivity contribution in [3.05, 3.63) is 0 Å². The van der Waals surface area contributed by atoms with E-state index in [0.29, 0.717) is 0 Å². The zero-order valence-corrected chi connectivity index (χ0v) is 9.62. The summed E-state index contributed by atoms with van der Waals surface area (Å²) in [7, 11) is 0. The van der Waals surface area contributed by atoms with Gasteiger partial charge < -0.3 is 36.5 Å². The van der Waals surface area contributed by atoms with Crippen LogP contribution in [0.2, 0.25) is 0 Å². The van der Waals surface area contributed by atoms with Gasteiger partial charge in [0, 0.05) is 18.4 Å². The SMILES string of the molecule is NC(CC(=O)[O-])C(=O)[O-].O.O.[K+]. The molecule has 0 amide bonds. The van der Waals surface area contributed by atoms with Gasteiger partial charge in [-0.2, -0.15) is 0 Å². The van der Waals surface area contributed by atoms with Crippen molar-refractivity contribution in [2.75, 3.05) is 0 Å². The van der Waals surface area contributed by atoms with Crippen molar-refractivity contribution in [1.82, 2.24) is 0 Å². The molecule has 1 unspecified atom stereocenters. The van der Waals surface area contributed by atoms with Gasteiger partial charge >= 0.3 is 51.4 Å². The van der Waals surface area contributed by atoms with Crippen LogP contribution in [0.25, 0.3) is 0 Å². The summed E-state index contributed by atoms with van der Waals surface area (Å²) in [5.41, 5.74) is 4.73. The van der Waals surface area contributed by atoms with Crippen molar-refractivity contribution >= 4 is 11.9 Å². The fourth-order valence-corrected chi connectivity index (χ4v) is 0.263. The first kappa shape index (κ1) is 22.9. The van der Waals surface area contributed by atoms with Crippen LogP contribution in [-0.4, -0.2) is 28.9 Å². The van der Waals surface area contributed by atoms with Gasteiger partial charge in [0.1, 0.15) is 0 Å². The number of carboxylic acid groups (broad SMARTS) is 2. The Bertz CT molecular complexity index is 140. The number of nitrogens with two attached hydrogens (primary N) is 1. The fourth-order valence-electron chi connectivity index (χ4n) is 0.263. The monoisotopic (exact) mass is 206 g/mol. The Morgan fingerprint density at radius 3 is 1.67 bits per heavy atom. The number of hydrogen-bond donors (Lipinski definition) is 1. The number of rotatable bonds is 3. The molecule has 7 nitrogen and oxygen atoms in total. The number of carbonyl (C=O) groups is 2. The molecule has 0 aromatic rings. The molecule has 0 fully saturated rings. The van der Waals surface area contributed by atoms with Gasteiger partial charge in [0.2, 0.25) is 0 Å². The molecule has 0 aliphatic rings. The van der Waals surface area contributed by atoms with Crippen LogP contribution in [0.4, 0.5) is 0 Å². The molecule has 1 atom stereocenters. The molecule has 6 N–H and O–H groups in total. The molecular weight excluding hydrogens is 197 g/mol. The van der Waals surface area contributed by atoms with E-state index >= 15 is 0 Å². The Hall–Kier alpha value is 0.456. The van der Waals surface area contributed by atoms with E-state index in [4.69, 9.17) is 5.73 Å². The topological polar surface area (TPSA) is 169 Å². The molecule has 0 saturated carbocycles. The molecule has 0 saturated heterocycles. The van der Waals surface area contributed by atoms with E-state index in [1.807, 2.05) is 0 Å². The van der Waals surface area contributed by atoms with Crippen molar-refractivity contribution in [3.63, 3.8) is 0 Å². The van der Waals surface area contributed by atoms with Crippen LogP contribution in [0.1, 0.15) is 6.42 Å². The van der Waals surface area contributed by atoms with Crippen molar-refractivity contribution in [1.29, 1.82) is 0 Å². The van der Waals surface area contributed by atoms with Gasteiger partial charge in [-0.3, -0.25) is 0 Å². The van der Waals surface area contributed by atoms with Crippen LogP contribution in [0.3, 0.4) is 0 Å². The summed E-state index contributed by atoms with van der Waals surface area (Å²) in [5, 5.41) is 19.3. The van der Waals surface area contributed by atoms with E-state index in [2.05, 4.69) is 0 Å². The van der Waals surface area contributed by atoms with E-state index in [9.17, 15) is 19.8 Å². The summed E-state index contributed by atoms with van der Waals surface area (Å²) in [5.74, 6) is -3.08. The normalized spacial score (nSPS) is 9.42. The minimum atomic E-state index is -1.58. The van der Waals surface area contributed by atoms with Gasteiger partial charge in [-0.1, -0.05) is 0 Å². The standard InChI is InChI=1S/C4H7NO4.K.2H2O/c5-2(4(8)9)1-3(6)7;;;/h2H,1,5H2,(H,6,7)(H,8,9);;2*1H2/q;+1;;/p-2. The Balaban J connectivity index is -0.000000107. The second-order valence-electron chi connectivity index (χ2n) is 1.50. The van der Waals surface area contributed by atoms with E-state index in [1.54, 1.807) is 0 Å². The first-order valence-corrected chi connectivity index (χ1v) is 2.20. The van der Waals surface area contributed by atoms with Crippen molar-refractivity contribution in [2.24, 2.45) is 5.73 Å². The summed E-state index contributed by atoms with van der Waals surface area (Å²) >= 11 is 0. The molecule has 68 valence electrons. The molecule has 8 heteroatoms. The number of aliphatic carboxylic acids is 2. The fraction of sp³-hybridized carbons (Fsp3) is 0.500. The van der Waals surface area contributed by atoms with Crippen LogP contribution in [0, 0.1) is 0 Å². The predicted molar refractivity (Wildman–Crippen MR) is 29.8 cm³/mol. The minimum Gasteiger partial charge on any atom is -0.550 e. The third-order valence-corrected chi connectivity index (χ3v) is 0.689. The second-order valence-corrected chi connectivity index (χ2v) is 1.50. The van der Waals surface area contributed by atoms with Gasteiger partial charge in [-0.25, -0.2) is 0 Å². The summed E-state index contributed by atoms with van der Waals surface area (Å²) in [6.07, 6.45) is -0.706. The summed E-state index contributed by atoms with van der Waals surface area (Å²) in [6, 6.07) is -1.46. The first-order valence-electron chi connectivity index (χ1n) is 2.20. The molecule has 0 spiro atoms. The molecule has 0 rings (SSSR count). The van der Waals surface area contributed by atoms with Crippen LogP contribution >= 0.6 is 0 Å². The quantitative estimate of drug-likeness (QED) is 0.451. The largest absolute Gasteiger partial charge is 1.00 e. The predicted octanol–water partition coefficient (Wildman–Crippen LogP) is -8.44. The molecule has 0 aliphatic carbocycles. The van der Waals surface area contributed by atoms with Crippen molar-refractivity contribution in [3.8, 4) is 0 Å². The van der Waals surface area contributed by atoms with Gasteiger partial charge in [0.15, 0.2) is 0 Å². The molecule has 0 bridgehead atoms. The smallest absolute Gasteiger partial charge is 0.550 e. The molecule has 0 aromatic carbocycles. The minimum absolute atomic E-state index is 0. The molecular formula is C4H9KNO6-. The molecule has 0 aliphatic heterocycles. The maximum absolute atomic E-state index is 9.71. The zero-order chi connectivity index (χ0) is 7.44. The van der Waals surface area contributed by atoms with Crippen molar-refractivity contribution < 1.29 is 82.1 Å². The first-order chi connectivity index (χ1) is 4.04. The average molecular weight is 206 g/mol. The van der Waals surface area contributed by atoms with Crippen LogP contribution in [0.15, 0.2) is 0 Å². The van der Waals surface area contributed by atoms with Gasteiger partial charge in [0.25, 0.3) is 0 Å². The van der Waals surface area contributed by atoms with Crippen LogP contribution < -0.4 is 67.3 Å². The van der Waals surface area contributed by atoms with Crippen molar-refractivity contribution in [2.45, 2.75) is 12.5 Å². The van der Waals surface area contributed by atoms with E-state index in [0.717, 1.165) is 0 Å². The Morgan fingerprint density at radius 1 is 1.25 bits per heavy atom. The molecule has 0 radical (unpaired) electrons. The number of hydrogen-bond acceptors (Lipinski definition) is 5. The Kier molecular flexibility index (Phi) is 21.8. The van der Waals surface area contributed by atoms with Crippen LogP contribution in [-0.2, 0) is 9.59 Å². The maximum Gasteiger partial charge on any atom is 1.00 e. The van der Waals surface area contributed by atoms with E-state index < -0.39 is 24.4 Å². The van der Waals surface area contributed by atoms with Gasteiger partial charge in [0.05, 0.1) is 5.97 Å². The number of carbonyl (C=O) groups excluding carboxylic acids is 2. The molecule has 0 aromatic heterocycles. The third kappa shape index (κ3) is 13.1. The number of carboxylic acids is 2. The van der Waals surface area contributed by atoms with Gasteiger partial charge in [-0.15, -0.1) is 0 Å². The summed E-state index contributed by atoms with van der Waals surface area (Å²) in [6.45, 7) is 0. The molecule has 0 heterocycles. The summed E-state index contributed by atoms with van der Waals surface area (Å²) in [4.78, 5) is 19.3. The van der Waals surface area contributed by atoms with E-state index in [-0.39, 0.29) is 62.3 Å². The molecule has 12 heavy (non-hydrogen) atoms. The van der Waals surface area contributed by atoms with Gasteiger partial charge in [-0.05, 0) is 0 Å². The maximum atomic E-state index is 9.71.